The van der Waals surface area contributed by atoms with E-state index >= 15 is 0 Å². The smallest absolute Gasteiger partial charge is 0.121 e. The molecule has 0 aliphatic heterocycles. The summed E-state index contributed by atoms with van der Waals surface area (Å²) < 4.78 is 40.4. The Hall–Kier alpha value is -5.15. The molecule has 0 atom stereocenters. The Balaban J connectivity index is 0.000000197. The molecule has 8 rings (SSSR count). The number of nitrogens with zero attached hydrogens (tertiary/aromatic N) is 2. The number of pyridine rings is 2. The zero-order valence-corrected chi connectivity index (χ0v) is 30.5. The third-order valence-electron chi connectivity index (χ3n) is 7.88. The second-order valence-corrected chi connectivity index (χ2v) is 12.8. The van der Waals surface area contributed by atoms with Gasteiger partial charge in [-0.2, -0.15) is 0 Å². The van der Waals surface area contributed by atoms with E-state index in [-0.39, 0.29) is 20.1 Å². The molecule has 0 unspecified atom stereocenters. The van der Waals surface area contributed by atoms with Crippen molar-refractivity contribution in [3.8, 4) is 33.6 Å². The van der Waals surface area contributed by atoms with E-state index < -0.39 is 18.2 Å². The van der Waals surface area contributed by atoms with Gasteiger partial charge in [0.2, 0.25) is 0 Å². The molecule has 3 heterocycles. The molecule has 0 aliphatic carbocycles. The first-order valence-electron chi connectivity index (χ1n) is 18.3. The van der Waals surface area contributed by atoms with E-state index in [0.717, 1.165) is 44.3 Å². The quantitative estimate of drug-likeness (QED) is 0.157. The number of rotatable bonds is 6. The first-order valence-corrected chi connectivity index (χ1v) is 16.3. The summed E-state index contributed by atoms with van der Waals surface area (Å²) in [5.41, 5.74) is 8.04. The van der Waals surface area contributed by atoms with Crippen molar-refractivity contribution in [2.75, 3.05) is 0 Å². The summed E-state index contributed by atoms with van der Waals surface area (Å²) in [4.78, 5) is 8.85. The van der Waals surface area contributed by atoms with Gasteiger partial charge in [-0.05, 0) is 70.0 Å². The monoisotopic (exact) mass is 831 g/mol. The van der Waals surface area contributed by atoms with Gasteiger partial charge in [0, 0.05) is 43.4 Å². The van der Waals surface area contributed by atoms with Crippen molar-refractivity contribution >= 4 is 21.9 Å². The third kappa shape index (κ3) is 8.34. The molecular formula is C46H38IrN2O-2. The molecule has 4 heteroatoms. The van der Waals surface area contributed by atoms with Crippen molar-refractivity contribution < 1.29 is 30.0 Å². The first-order chi connectivity index (χ1) is 25.4. The zero-order valence-electron chi connectivity index (χ0n) is 32.1. The molecule has 0 bridgehead atoms. The van der Waals surface area contributed by atoms with E-state index in [2.05, 4.69) is 52.4 Å². The third-order valence-corrected chi connectivity index (χ3v) is 7.88. The van der Waals surface area contributed by atoms with Crippen LogP contribution in [0, 0.1) is 17.5 Å². The fourth-order valence-electron chi connectivity index (χ4n) is 5.72. The Labute approximate surface area is 314 Å². The van der Waals surface area contributed by atoms with Crippen LogP contribution < -0.4 is 0 Å². The van der Waals surface area contributed by atoms with E-state index in [1.54, 1.807) is 42.7 Å². The molecule has 50 heavy (non-hydrogen) atoms. The molecule has 3 nitrogen and oxygen atoms in total. The molecule has 1 radical (unpaired) electrons. The molecule has 0 saturated heterocycles. The van der Waals surface area contributed by atoms with E-state index in [9.17, 15) is 0 Å². The Morgan fingerprint density at radius 1 is 0.620 bits per heavy atom. The minimum absolute atomic E-state index is 0. The average Bonchev–Trinajstić information content (AvgIpc) is 3.57. The summed E-state index contributed by atoms with van der Waals surface area (Å²) >= 11 is 0. The summed E-state index contributed by atoms with van der Waals surface area (Å²) in [5.74, 6) is 0. The predicted octanol–water partition coefficient (Wildman–Crippen LogP) is 11.8. The van der Waals surface area contributed by atoms with Gasteiger partial charge < -0.3 is 14.4 Å². The summed E-state index contributed by atoms with van der Waals surface area (Å²) in [7, 11) is 0. The van der Waals surface area contributed by atoms with Gasteiger partial charge in [0.15, 0.2) is 0 Å². The normalized spacial score (nSPS) is 12.9. The average molecular weight is 831 g/mol. The van der Waals surface area contributed by atoms with Crippen LogP contribution in [0.2, 0.25) is 0 Å². The summed E-state index contributed by atoms with van der Waals surface area (Å²) in [6.45, 7) is 5.72. The number of benzene rings is 5. The van der Waals surface area contributed by atoms with Crippen molar-refractivity contribution in [1.29, 1.82) is 0 Å². The van der Waals surface area contributed by atoms with Gasteiger partial charge in [-0.1, -0.05) is 122 Å². The maximum Gasteiger partial charge on any atom is 0.121 e. The minimum atomic E-state index is -1.55. The SMILES string of the molecule is [2H]C([2H])(c1ccccc1)c1ccnc(-c2[c-]cccc2)c1.[2H]C([2H])(c1ccnc(-c2[c-]ccc3c2oc2cc(-c4ccccc4)ccc23)c1)C(C)(C)C.[Ir]. The van der Waals surface area contributed by atoms with Crippen molar-refractivity contribution in [3.05, 3.63) is 181 Å². The Kier molecular flexibility index (Phi) is 9.28. The maximum atomic E-state index is 8.64. The van der Waals surface area contributed by atoms with Gasteiger partial charge in [0.1, 0.15) is 5.58 Å². The summed E-state index contributed by atoms with van der Waals surface area (Å²) in [6, 6.07) is 50.6. The number of fused-ring (bicyclic) bond motifs is 3. The van der Waals surface area contributed by atoms with E-state index in [0.29, 0.717) is 28.0 Å². The van der Waals surface area contributed by atoms with Crippen LogP contribution in [-0.4, -0.2) is 9.97 Å². The van der Waals surface area contributed by atoms with Crippen LogP contribution >= 0.6 is 0 Å². The standard InChI is InChI=1S/C28H24NO.C18H14N.Ir/c1-28(2,3)18-19-14-15-29-25(16-19)24-11-7-10-23-22-13-12-21(17-26(22)30-27(23)24)20-8-5-4-6-9-20;1-3-7-15(8-4-1)13-16-11-12-19-18(14-16)17-9-5-2-6-10-17;/h4-10,12-17H,18H2,1-3H3;1-9,11-12,14H,13H2;/q2*-1;/i18D2;13D2;. The molecule has 0 fully saturated rings. The second kappa shape index (κ2) is 15.6. The van der Waals surface area contributed by atoms with E-state index in [4.69, 9.17) is 9.90 Å². The van der Waals surface area contributed by atoms with Crippen LogP contribution in [0.5, 0.6) is 0 Å². The molecule has 3 aromatic heterocycles. The first kappa shape index (κ1) is 29.7. The Bertz CT molecular complexity index is 2500. The van der Waals surface area contributed by atoms with Crippen LogP contribution in [-0.2, 0) is 32.9 Å². The fraction of sp³-hybridized carbons (Fsp3) is 0.130. The number of furan rings is 1. The molecule has 0 saturated carbocycles. The molecular weight excluding hydrogens is 789 g/mol. The largest absolute Gasteiger partial charge is 0.501 e. The molecule has 0 amide bonds. The molecule has 249 valence electrons. The van der Waals surface area contributed by atoms with Crippen molar-refractivity contribution in [2.24, 2.45) is 5.41 Å². The van der Waals surface area contributed by atoms with Gasteiger partial charge in [0.25, 0.3) is 0 Å². The number of aromatic nitrogens is 2. The maximum absolute atomic E-state index is 8.64. The molecule has 0 aliphatic rings. The van der Waals surface area contributed by atoms with Gasteiger partial charge >= 0.3 is 0 Å². The van der Waals surface area contributed by atoms with Crippen LogP contribution in [0.4, 0.5) is 0 Å². The van der Waals surface area contributed by atoms with Crippen LogP contribution in [0.1, 0.15) is 42.9 Å². The van der Waals surface area contributed by atoms with Crippen molar-refractivity contribution in [1.82, 2.24) is 9.97 Å². The van der Waals surface area contributed by atoms with Crippen molar-refractivity contribution in [2.45, 2.75) is 33.5 Å². The molecule has 0 N–H and O–H groups in total. The Morgan fingerprint density at radius 2 is 1.32 bits per heavy atom. The minimum Gasteiger partial charge on any atom is -0.501 e. The van der Waals surface area contributed by atoms with Gasteiger partial charge in [-0.25, -0.2) is 0 Å². The molecule has 8 aromatic rings. The summed E-state index contributed by atoms with van der Waals surface area (Å²) in [6.07, 6.45) is 0.258. The van der Waals surface area contributed by atoms with E-state index in [1.807, 2.05) is 99.6 Å². The van der Waals surface area contributed by atoms with Crippen LogP contribution in [0.3, 0.4) is 0 Å². The topological polar surface area (TPSA) is 38.9 Å². The molecule has 5 aromatic carbocycles. The van der Waals surface area contributed by atoms with Crippen molar-refractivity contribution in [3.63, 3.8) is 0 Å². The summed E-state index contributed by atoms with van der Waals surface area (Å²) in [5, 5.41) is 2.04. The van der Waals surface area contributed by atoms with Gasteiger partial charge in [-0.3, -0.25) is 0 Å². The molecule has 0 spiro atoms. The fourth-order valence-corrected chi connectivity index (χ4v) is 5.72. The van der Waals surface area contributed by atoms with Gasteiger partial charge in [0.05, 0.1) is 5.58 Å². The predicted molar refractivity (Wildman–Crippen MR) is 202 cm³/mol. The Morgan fingerprint density at radius 3 is 2.06 bits per heavy atom. The van der Waals surface area contributed by atoms with Crippen LogP contribution in [0.15, 0.2) is 156 Å². The number of hydrogen-bond donors (Lipinski definition) is 0. The van der Waals surface area contributed by atoms with Crippen LogP contribution in [0.25, 0.3) is 55.6 Å². The van der Waals surface area contributed by atoms with E-state index in [1.165, 1.54) is 0 Å². The number of hydrogen-bond acceptors (Lipinski definition) is 3. The zero-order chi connectivity index (χ0) is 37.2. The van der Waals surface area contributed by atoms with Gasteiger partial charge in [-0.15, -0.1) is 54.1 Å². The second-order valence-electron chi connectivity index (χ2n) is 12.8.